The molecule has 2 bridgehead atoms. The molecule has 3 aromatic rings. The minimum atomic E-state index is -3.03. The maximum absolute atomic E-state index is 13.6. The summed E-state index contributed by atoms with van der Waals surface area (Å²) >= 11 is 0. The van der Waals surface area contributed by atoms with Gasteiger partial charge in [0.25, 0.3) is 0 Å². The number of carbonyl (C=O) groups excluding carboxylic acids is 1. The Morgan fingerprint density at radius 1 is 1.09 bits per heavy atom. The molecule has 2 saturated heterocycles. The third-order valence-corrected chi connectivity index (χ3v) is 10.3. The number of amides is 1. The summed E-state index contributed by atoms with van der Waals surface area (Å²) < 4.78 is 34.9. The van der Waals surface area contributed by atoms with E-state index in [1.165, 1.54) is 6.26 Å². The van der Waals surface area contributed by atoms with E-state index in [9.17, 15) is 13.2 Å². The van der Waals surface area contributed by atoms with Gasteiger partial charge in [0.15, 0.2) is 0 Å². The van der Waals surface area contributed by atoms with Gasteiger partial charge in [-0.2, -0.15) is 0 Å². The predicted octanol–water partition coefficient (Wildman–Crippen LogP) is 4.97. The van der Waals surface area contributed by atoms with Crippen molar-refractivity contribution in [1.82, 2.24) is 19.9 Å². The van der Waals surface area contributed by atoms with Crippen LogP contribution in [0.2, 0.25) is 0 Å². The van der Waals surface area contributed by atoms with E-state index < -0.39 is 9.84 Å². The average Bonchev–Trinajstić information content (AvgIpc) is 3.54. The number of hydrogen-bond donors (Lipinski definition) is 2. The van der Waals surface area contributed by atoms with Crippen LogP contribution in [0, 0.1) is 5.92 Å². The van der Waals surface area contributed by atoms with Gasteiger partial charge in [0.2, 0.25) is 11.9 Å². The molecule has 10 nitrogen and oxygen atoms in total. The lowest BCUT2D eigenvalue weighted by Gasteiger charge is -2.41. The first-order valence-corrected chi connectivity index (χ1v) is 17.8. The van der Waals surface area contributed by atoms with Gasteiger partial charge in [0, 0.05) is 60.4 Å². The van der Waals surface area contributed by atoms with Crippen LogP contribution < -0.4 is 10.1 Å². The van der Waals surface area contributed by atoms with Crippen LogP contribution in [0.3, 0.4) is 0 Å². The molecule has 3 aliphatic rings. The number of aromatic amines is 1. The van der Waals surface area contributed by atoms with E-state index in [1.54, 1.807) is 6.20 Å². The Morgan fingerprint density at radius 3 is 2.58 bits per heavy atom. The smallest absolute Gasteiger partial charge is 0.226 e. The fraction of sp³-hybridized carbons (Fsp3) is 0.594. The molecule has 2 N–H and O–H groups in total. The Labute approximate surface area is 253 Å². The molecule has 2 aliphatic heterocycles. The molecule has 2 unspecified atom stereocenters. The second kappa shape index (κ2) is 12.8. The molecule has 232 valence electrons. The summed E-state index contributed by atoms with van der Waals surface area (Å²) in [6.07, 6.45) is 13.4. The van der Waals surface area contributed by atoms with E-state index >= 15 is 0 Å². The highest BCUT2D eigenvalue weighted by Crippen LogP contribution is 2.40. The molecule has 2 aromatic heterocycles. The first kappa shape index (κ1) is 29.9. The summed E-state index contributed by atoms with van der Waals surface area (Å²) in [4.78, 5) is 28.5. The summed E-state index contributed by atoms with van der Waals surface area (Å²) in [5, 5.41) is 4.44. The van der Waals surface area contributed by atoms with Crippen molar-refractivity contribution < 1.29 is 22.7 Å². The molecule has 1 amide bonds. The summed E-state index contributed by atoms with van der Waals surface area (Å²) in [6, 6.07) is 8.58. The third-order valence-electron chi connectivity index (χ3n) is 9.27. The van der Waals surface area contributed by atoms with Crippen molar-refractivity contribution >= 4 is 32.6 Å². The van der Waals surface area contributed by atoms with Crippen LogP contribution in [0.25, 0.3) is 22.2 Å². The number of anilines is 1. The molecule has 1 aliphatic carbocycles. The zero-order valence-corrected chi connectivity index (χ0v) is 25.9. The number of fused-ring (bicyclic) bond motifs is 3. The van der Waals surface area contributed by atoms with Gasteiger partial charge >= 0.3 is 0 Å². The topological polar surface area (TPSA) is 127 Å². The van der Waals surface area contributed by atoms with Gasteiger partial charge in [-0.3, -0.25) is 4.79 Å². The molecular weight excluding hydrogens is 566 g/mol. The molecule has 2 atom stereocenters. The zero-order chi connectivity index (χ0) is 30.0. The van der Waals surface area contributed by atoms with E-state index in [0.29, 0.717) is 48.8 Å². The van der Waals surface area contributed by atoms with Crippen molar-refractivity contribution in [3.05, 3.63) is 36.7 Å². The highest BCUT2D eigenvalue weighted by atomic mass is 32.2. The van der Waals surface area contributed by atoms with Gasteiger partial charge < -0.3 is 24.7 Å². The van der Waals surface area contributed by atoms with Gasteiger partial charge in [-0.1, -0.05) is 6.07 Å². The highest BCUT2D eigenvalue weighted by Gasteiger charge is 2.45. The normalized spacial score (nSPS) is 25.6. The SMILES string of the molecule is CCOC1CC2CCC(C1)N2C(=O)C1CCC(Nc2nccc(-c3c[nH]c4cccc(OCCCS(C)(=O)=O)c34)n2)CC1. The second-order valence-corrected chi connectivity index (χ2v) is 14.6. The number of carbonyl (C=O) groups is 1. The van der Waals surface area contributed by atoms with Gasteiger partial charge in [-0.25, -0.2) is 18.4 Å². The van der Waals surface area contributed by atoms with E-state index in [-0.39, 0.29) is 17.7 Å². The number of aromatic nitrogens is 3. The van der Waals surface area contributed by atoms with E-state index in [4.69, 9.17) is 14.5 Å². The van der Waals surface area contributed by atoms with Crippen LogP contribution in [-0.2, 0) is 19.4 Å². The summed E-state index contributed by atoms with van der Waals surface area (Å²) in [5.41, 5.74) is 2.59. The number of rotatable bonds is 11. The molecule has 11 heteroatoms. The Kier molecular flexibility index (Phi) is 8.90. The lowest BCUT2D eigenvalue weighted by Crippen LogP contribution is -2.51. The average molecular weight is 610 g/mol. The lowest BCUT2D eigenvalue weighted by atomic mass is 9.84. The maximum Gasteiger partial charge on any atom is 0.226 e. The van der Waals surface area contributed by atoms with Crippen molar-refractivity contribution in [2.45, 2.75) is 88.9 Å². The number of nitrogens with zero attached hydrogens (tertiary/aromatic N) is 3. The zero-order valence-electron chi connectivity index (χ0n) is 25.1. The summed E-state index contributed by atoms with van der Waals surface area (Å²) in [7, 11) is -3.03. The van der Waals surface area contributed by atoms with Crippen molar-refractivity contribution in [2.24, 2.45) is 5.92 Å². The van der Waals surface area contributed by atoms with Crippen molar-refractivity contribution in [3.63, 3.8) is 0 Å². The van der Waals surface area contributed by atoms with Crippen LogP contribution in [0.1, 0.15) is 64.7 Å². The third kappa shape index (κ3) is 6.82. The molecule has 1 aromatic carbocycles. The first-order chi connectivity index (χ1) is 20.8. The van der Waals surface area contributed by atoms with Crippen LogP contribution in [0.15, 0.2) is 36.7 Å². The quantitative estimate of drug-likeness (QED) is 0.292. The number of hydrogen-bond acceptors (Lipinski definition) is 8. The van der Waals surface area contributed by atoms with Gasteiger partial charge in [-0.05, 0) is 82.9 Å². The maximum atomic E-state index is 13.6. The fourth-order valence-corrected chi connectivity index (χ4v) is 7.93. The molecule has 1 saturated carbocycles. The van der Waals surface area contributed by atoms with Gasteiger partial charge in [0.05, 0.1) is 29.5 Å². The standard InChI is InChI=1S/C32H43N5O5S/c1-3-41-25-18-23-12-13-24(19-25)37(23)31(38)21-8-10-22(11-9-21)35-32-33-15-14-27(36-32)26-20-34-28-6-4-7-29(30(26)28)42-16-5-17-43(2,39)40/h4,6-7,14-15,20-25,34H,3,5,8-13,16-19H2,1-2H3,(H,33,35,36). The molecule has 4 heterocycles. The Balaban J connectivity index is 1.07. The Bertz CT molecular complexity index is 1520. The van der Waals surface area contributed by atoms with Crippen LogP contribution in [0.4, 0.5) is 5.95 Å². The molecule has 3 fully saturated rings. The lowest BCUT2D eigenvalue weighted by molar-refractivity contribution is -0.143. The summed E-state index contributed by atoms with van der Waals surface area (Å²) in [5.74, 6) is 1.80. The highest BCUT2D eigenvalue weighted by molar-refractivity contribution is 7.90. The number of nitrogens with one attached hydrogen (secondary N) is 2. The van der Waals surface area contributed by atoms with Crippen LogP contribution in [0.5, 0.6) is 5.75 Å². The number of piperidine rings is 1. The van der Waals surface area contributed by atoms with E-state index in [2.05, 4.69) is 27.1 Å². The predicted molar refractivity (Wildman–Crippen MR) is 167 cm³/mol. The monoisotopic (exact) mass is 609 g/mol. The molecule has 0 radical (unpaired) electrons. The molecule has 0 spiro atoms. The van der Waals surface area contributed by atoms with Gasteiger partial charge in [0.1, 0.15) is 15.6 Å². The Hall–Kier alpha value is -3.18. The first-order valence-electron chi connectivity index (χ1n) is 15.7. The fourth-order valence-electron chi connectivity index (χ4n) is 7.29. The second-order valence-electron chi connectivity index (χ2n) is 12.4. The van der Waals surface area contributed by atoms with E-state index in [1.807, 2.05) is 30.5 Å². The molecule has 6 rings (SSSR count). The number of H-pyrrole nitrogens is 1. The number of ether oxygens (including phenoxy) is 2. The van der Waals surface area contributed by atoms with Crippen LogP contribution in [-0.4, -0.2) is 83.6 Å². The largest absolute Gasteiger partial charge is 0.493 e. The van der Waals surface area contributed by atoms with Crippen molar-refractivity contribution in [1.29, 1.82) is 0 Å². The van der Waals surface area contributed by atoms with Crippen molar-refractivity contribution in [2.75, 3.05) is 30.5 Å². The molecule has 43 heavy (non-hydrogen) atoms. The molecular formula is C32H43N5O5S. The Morgan fingerprint density at radius 2 is 1.86 bits per heavy atom. The minimum absolute atomic E-state index is 0.0914. The van der Waals surface area contributed by atoms with E-state index in [0.717, 1.165) is 80.1 Å². The number of sulfone groups is 1. The van der Waals surface area contributed by atoms with Crippen molar-refractivity contribution in [3.8, 4) is 17.0 Å². The summed E-state index contributed by atoms with van der Waals surface area (Å²) in [6.45, 7) is 3.11. The number of benzene rings is 1. The van der Waals surface area contributed by atoms with Gasteiger partial charge in [-0.15, -0.1) is 0 Å². The minimum Gasteiger partial charge on any atom is -0.493 e. The van der Waals surface area contributed by atoms with Crippen LogP contribution >= 0.6 is 0 Å².